The van der Waals surface area contributed by atoms with E-state index < -0.39 is 5.60 Å². The lowest BCUT2D eigenvalue weighted by Crippen LogP contribution is -2.57. The average molecular weight is 238 g/mol. The van der Waals surface area contributed by atoms with Gasteiger partial charge in [-0.1, -0.05) is 12.2 Å². The van der Waals surface area contributed by atoms with E-state index in [4.69, 9.17) is 10.5 Å². The molecule has 1 saturated carbocycles. The van der Waals surface area contributed by atoms with Crippen LogP contribution < -0.4 is 11.1 Å². The molecule has 0 radical (unpaired) electrons. The molecule has 96 valence electrons. The number of alkyl carbamates (subject to hydrolysis) is 1. The molecule has 2 aliphatic carbocycles. The summed E-state index contributed by atoms with van der Waals surface area (Å²) in [5, 5.41) is 2.99. The number of rotatable bonds is 2. The monoisotopic (exact) mass is 238 g/mol. The second kappa shape index (κ2) is 4.02. The van der Waals surface area contributed by atoms with Gasteiger partial charge >= 0.3 is 6.09 Å². The molecule has 2 bridgehead atoms. The first kappa shape index (κ1) is 12.4. The van der Waals surface area contributed by atoms with Crippen LogP contribution in [-0.2, 0) is 4.74 Å². The normalized spacial score (nSPS) is 35.1. The fourth-order valence-electron chi connectivity index (χ4n) is 2.89. The summed E-state index contributed by atoms with van der Waals surface area (Å²) in [4.78, 5) is 11.8. The summed E-state index contributed by atoms with van der Waals surface area (Å²) in [5.74, 6) is 0.934. The topological polar surface area (TPSA) is 64.3 Å². The van der Waals surface area contributed by atoms with Crippen LogP contribution in [0.15, 0.2) is 12.2 Å². The highest BCUT2D eigenvalue weighted by Crippen LogP contribution is 2.45. The van der Waals surface area contributed by atoms with E-state index in [0.717, 1.165) is 12.8 Å². The van der Waals surface area contributed by atoms with Crippen molar-refractivity contribution >= 4 is 6.09 Å². The molecule has 3 unspecified atom stereocenters. The summed E-state index contributed by atoms with van der Waals surface area (Å²) in [6.45, 7) is 6.06. The molecule has 1 amide bonds. The van der Waals surface area contributed by atoms with E-state index in [1.807, 2.05) is 20.8 Å². The van der Waals surface area contributed by atoms with Crippen LogP contribution >= 0.6 is 0 Å². The minimum absolute atomic E-state index is 0.290. The Morgan fingerprint density at radius 1 is 1.53 bits per heavy atom. The Hall–Kier alpha value is -1.03. The zero-order valence-electron chi connectivity index (χ0n) is 10.8. The van der Waals surface area contributed by atoms with Crippen molar-refractivity contribution in [2.24, 2.45) is 17.6 Å². The van der Waals surface area contributed by atoms with Crippen molar-refractivity contribution in [3.05, 3.63) is 12.2 Å². The minimum Gasteiger partial charge on any atom is -0.444 e. The SMILES string of the molecule is CC(C)(C)OC(=O)NC1(CN)CC2C=CC1C2. The maximum absolute atomic E-state index is 11.8. The van der Waals surface area contributed by atoms with Gasteiger partial charge in [0.05, 0.1) is 5.54 Å². The summed E-state index contributed by atoms with van der Waals surface area (Å²) < 4.78 is 5.30. The molecule has 3 N–H and O–H groups in total. The predicted molar refractivity (Wildman–Crippen MR) is 66.5 cm³/mol. The van der Waals surface area contributed by atoms with Gasteiger partial charge in [0.2, 0.25) is 0 Å². The highest BCUT2D eigenvalue weighted by atomic mass is 16.6. The van der Waals surface area contributed by atoms with E-state index in [9.17, 15) is 4.79 Å². The highest BCUT2D eigenvalue weighted by molar-refractivity contribution is 5.69. The number of allylic oxidation sites excluding steroid dienone is 1. The highest BCUT2D eigenvalue weighted by Gasteiger charge is 2.48. The number of carbonyl (C=O) groups excluding carboxylic acids is 1. The maximum atomic E-state index is 11.8. The number of amides is 1. The fraction of sp³-hybridized carbons (Fsp3) is 0.769. The van der Waals surface area contributed by atoms with Crippen molar-refractivity contribution < 1.29 is 9.53 Å². The summed E-state index contributed by atoms with van der Waals surface area (Å²) >= 11 is 0. The van der Waals surface area contributed by atoms with E-state index in [-0.39, 0.29) is 11.6 Å². The Morgan fingerprint density at radius 2 is 2.24 bits per heavy atom. The quantitative estimate of drug-likeness (QED) is 0.721. The van der Waals surface area contributed by atoms with E-state index >= 15 is 0 Å². The van der Waals surface area contributed by atoms with Crippen molar-refractivity contribution in [1.29, 1.82) is 0 Å². The molecule has 1 fully saturated rings. The number of fused-ring (bicyclic) bond motifs is 2. The molecular formula is C13H22N2O2. The van der Waals surface area contributed by atoms with Crippen molar-refractivity contribution in [3.8, 4) is 0 Å². The van der Waals surface area contributed by atoms with Crippen LogP contribution in [0.2, 0.25) is 0 Å². The third-order valence-corrected chi connectivity index (χ3v) is 3.62. The van der Waals surface area contributed by atoms with Crippen LogP contribution in [0, 0.1) is 11.8 Å². The summed E-state index contributed by atoms with van der Waals surface area (Å²) in [5.41, 5.74) is 5.11. The lowest BCUT2D eigenvalue weighted by Gasteiger charge is -2.36. The second-order valence-corrected chi connectivity index (χ2v) is 6.18. The molecule has 3 atom stereocenters. The first-order valence-electron chi connectivity index (χ1n) is 6.24. The standard InChI is InChI=1S/C13H22N2O2/c1-12(2,3)17-11(16)15-13(8-14)7-9-4-5-10(13)6-9/h4-5,9-10H,6-8,14H2,1-3H3,(H,15,16). The van der Waals surface area contributed by atoms with Gasteiger partial charge in [-0.05, 0) is 39.5 Å². The van der Waals surface area contributed by atoms with Gasteiger partial charge in [-0.25, -0.2) is 4.79 Å². The predicted octanol–water partition coefficient (Wildman–Crippen LogP) is 1.80. The summed E-state index contributed by atoms with van der Waals surface area (Å²) in [6, 6.07) is 0. The molecular weight excluding hydrogens is 216 g/mol. The number of nitrogens with one attached hydrogen (secondary N) is 1. The third kappa shape index (κ3) is 2.46. The van der Waals surface area contributed by atoms with Gasteiger partial charge in [0.25, 0.3) is 0 Å². The van der Waals surface area contributed by atoms with Crippen molar-refractivity contribution in [3.63, 3.8) is 0 Å². The first-order valence-corrected chi connectivity index (χ1v) is 6.24. The van der Waals surface area contributed by atoms with Crippen molar-refractivity contribution in [2.45, 2.75) is 44.8 Å². The number of hydrogen-bond donors (Lipinski definition) is 2. The Labute approximate surface area is 103 Å². The smallest absolute Gasteiger partial charge is 0.408 e. The Kier molecular flexibility index (Phi) is 2.94. The van der Waals surface area contributed by atoms with Crippen molar-refractivity contribution in [1.82, 2.24) is 5.32 Å². The molecule has 0 heterocycles. The number of carbonyl (C=O) groups is 1. The van der Waals surface area contributed by atoms with Gasteiger partial charge in [-0.15, -0.1) is 0 Å². The van der Waals surface area contributed by atoms with Gasteiger partial charge in [0.1, 0.15) is 5.60 Å². The molecule has 4 nitrogen and oxygen atoms in total. The van der Waals surface area contributed by atoms with Crippen LogP contribution in [0.3, 0.4) is 0 Å². The maximum Gasteiger partial charge on any atom is 0.408 e. The lowest BCUT2D eigenvalue weighted by atomic mass is 9.85. The number of hydrogen-bond acceptors (Lipinski definition) is 3. The Balaban J connectivity index is 2.02. The van der Waals surface area contributed by atoms with Crippen molar-refractivity contribution in [2.75, 3.05) is 6.54 Å². The van der Waals surface area contributed by atoms with E-state index in [2.05, 4.69) is 17.5 Å². The fourth-order valence-corrected chi connectivity index (χ4v) is 2.89. The largest absolute Gasteiger partial charge is 0.444 e. The lowest BCUT2D eigenvalue weighted by molar-refractivity contribution is 0.0440. The van der Waals surface area contributed by atoms with Gasteiger partial charge in [0.15, 0.2) is 0 Å². The molecule has 17 heavy (non-hydrogen) atoms. The molecule has 0 aromatic rings. The molecule has 0 aromatic carbocycles. The second-order valence-electron chi connectivity index (χ2n) is 6.18. The third-order valence-electron chi connectivity index (χ3n) is 3.62. The van der Waals surface area contributed by atoms with Gasteiger partial charge in [0, 0.05) is 12.5 Å². The van der Waals surface area contributed by atoms with Crippen LogP contribution in [-0.4, -0.2) is 23.8 Å². The zero-order valence-corrected chi connectivity index (χ0v) is 10.8. The molecule has 0 aromatic heterocycles. The minimum atomic E-state index is -0.465. The Bertz CT molecular complexity index is 346. The first-order chi connectivity index (χ1) is 7.85. The number of ether oxygens (including phenoxy) is 1. The van der Waals surface area contributed by atoms with E-state index in [1.165, 1.54) is 0 Å². The molecule has 0 aliphatic heterocycles. The van der Waals surface area contributed by atoms with E-state index in [0.29, 0.717) is 18.4 Å². The molecule has 4 heteroatoms. The van der Waals surface area contributed by atoms with Crippen LogP contribution in [0.4, 0.5) is 4.79 Å². The van der Waals surface area contributed by atoms with Gasteiger partial charge in [-0.2, -0.15) is 0 Å². The van der Waals surface area contributed by atoms with Crippen LogP contribution in [0.5, 0.6) is 0 Å². The molecule has 2 rings (SSSR count). The molecule has 0 saturated heterocycles. The summed E-state index contributed by atoms with van der Waals surface area (Å²) in [6.07, 6.45) is 6.09. The Morgan fingerprint density at radius 3 is 2.65 bits per heavy atom. The van der Waals surface area contributed by atoms with Crippen LogP contribution in [0.1, 0.15) is 33.6 Å². The van der Waals surface area contributed by atoms with Gasteiger partial charge < -0.3 is 15.8 Å². The van der Waals surface area contributed by atoms with Crippen LogP contribution in [0.25, 0.3) is 0 Å². The molecule has 0 spiro atoms. The summed E-state index contributed by atoms with van der Waals surface area (Å²) in [7, 11) is 0. The zero-order chi connectivity index (χ0) is 12.7. The molecule has 2 aliphatic rings. The number of nitrogens with two attached hydrogens (primary N) is 1. The average Bonchev–Trinajstić information content (AvgIpc) is 2.74. The van der Waals surface area contributed by atoms with E-state index in [1.54, 1.807) is 0 Å². The van der Waals surface area contributed by atoms with Gasteiger partial charge in [-0.3, -0.25) is 0 Å².